The van der Waals surface area contributed by atoms with E-state index in [1.807, 2.05) is 22.6 Å². The Bertz CT molecular complexity index is 100. The van der Waals surface area contributed by atoms with Gasteiger partial charge in [0.15, 0.2) is 3.79 Å². The van der Waals surface area contributed by atoms with E-state index in [2.05, 4.69) is 6.92 Å². The van der Waals surface area contributed by atoms with Gasteiger partial charge in [-0.05, 0) is 34.9 Å². The topological polar surface area (TPSA) is 17.1 Å². The zero-order chi connectivity index (χ0) is 5.44. The molecule has 1 aliphatic rings. The van der Waals surface area contributed by atoms with E-state index in [4.69, 9.17) is 0 Å². The van der Waals surface area contributed by atoms with Gasteiger partial charge in [-0.25, -0.2) is 0 Å². The van der Waals surface area contributed by atoms with E-state index in [0.717, 1.165) is 6.42 Å². The maximum absolute atomic E-state index is 10.4. The molecule has 1 saturated carbocycles. The molecular formula is C5H7IO. The van der Waals surface area contributed by atoms with Crippen LogP contribution in [-0.4, -0.2) is 3.79 Å². The Kier molecular flexibility index (Phi) is 1.36. The Morgan fingerprint density at radius 2 is 2.29 bits per heavy atom. The van der Waals surface area contributed by atoms with Crippen LogP contribution in [0, 0.1) is 11.8 Å². The third-order valence-corrected chi connectivity index (χ3v) is 2.20. The van der Waals surface area contributed by atoms with Crippen LogP contribution >= 0.6 is 22.6 Å². The van der Waals surface area contributed by atoms with Crippen molar-refractivity contribution in [2.75, 3.05) is 0 Å². The fraction of sp³-hybridized carbons (Fsp3) is 0.800. The molecule has 0 aromatic rings. The Balaban J connectivity index is 2.33. The largest absolute Gasteiger partial charge is 0.287 e. The van der Waals surface area contributed by atoms with Crippen molar-refractivity contribution in [3.05, 3.63) is 0 Å². The number of hydrogen-bond acceptors (Lipinski definition) is 1. The minimum absolute atomic E-state index is 0.338. The highest BCUT2D eigenvalue weighted by atomic mass is 127. The fourth-order valence-electron chi connectivity index (χ4n) is 0.638. The first kappa shape index (κ1) is 5.54. The lowest BCUT2D eigenvalue weighted by Gasteiger charge is -1.78. The lowest BCUT2D eigenvalue weighted by atomic mass is 10.4. The highest BCUT2D eigenvalue weighted by Crippen LogP contribution is 2.39. The zero-order valence-corrected chi connectivity index (χ0v) is 6.31. The molecule has 0 aromatic heterocycles. The monoisotopic (exact) mass is 210 g/mol. The molecule has 7 heavy (non-hydrogen) atoms. The number of carbonyl (C=O) groups is 1. The van der Waals surface area contributed by atoms with Crippen LogP contribution in [0.15, 0.2) is 0 Å². The SMILES string of the molecule is CC1CC1C(=O)I. The van der Waals surface area contributed by atoms with Gasteiger partial charge >= 0.3 is 0 Å². The molecule has 0 bridgehead atoms. The lowest BCUT2D eigenvalue weighted by molar-refractivity contribution is -0.110. The first-order valence-electron chi connectivity index (χ1n) is 2.41. The molecule has 1 nitrogen and oxygen atoms in total. The van der Waals surface area contributed by atoms with Crippen molar-refractivity contribution in [2.45, 2.75) is 13.3 Å². The van der Waals surface area contributed by atoms with Crippen LogP contribution in [0.5, 0.6) is 0 Å². The number of carbonyl (C=O) groups excluding carboxylic acids is 1. The summed E-state index contributed by atoms with van der Waals surface area (Å²) in [4.78, 5) is 10.4. The first-order valence-corrected chi connectivity index (χ1v) is 3.49. The molecule has 1 fully saturated rings. The molecule has 0 spiro atoms. The predicted molar refractivity (Wildman–Crippen MR) is 36.3 cm³/mol. The normalized spacial score (nSPS) is 38.0. The van der Waals surface area contributed by atoms with E-state index in [9.17, 15) is 4.79 Å². The number of halogens is 1. The number of hydrogen-bond donors (Lipinski definition) is 0. The standard InChI is InChI=1S/C5H7IO/c1-3-2-4(3)5(6)7/h3-4H,2H2,1H3. The summed E-state index contributed by atoms with van der Waals surface area (Å²) in [5, 5.41) is 0. The van der Waals surface area contributed by atoms with E-state index in [1.54, 1.807) is 0 Å². The van der Waals surface area contributed by atoms with Crippen molar-refractivity contribution in [1.29, 1.82) is 0 Å². The molecular weight excluding hydrogens is 203 g/mol. The summed E-state index contributed by atoms with van der Waals surface area (Å²) in [6.07, 6.45) is 1.13. The summed E-state index contributed by atoms with van der Waals surface area (Å²) in [7, 11) is 0. The second kappa shape index (κ2) is 1.73. The molecule has 1 rings (SSSR count). The number of rotatable bonds is 1. The van der Waals surface area contributed by atoms with Gasteiger partial charge in [0.25, 0.3) is 0 Å². The van der Waals surface area contributed by atoms with Gasteiger partial charge in [0, 0.05) is 5.92 Å². The molecule has 2 atom stereocenters. The highest BCUT2D eigenvalue weighted by Gasteiger charge is 2.37. The lowest BCUT2D eigenvalue weighted by Crippen LogP contribution is -1.86. The van der Waals surface area contributed by atoms with Crippen LogP contribution in [0.3, 0.4) is 0 Å². The smallest absolute Gasteiger partial charge is 0.195 e. The van der Waals surface area contributed by atoms with E-state index in [1.165, 1.54) is 0 Å². The molecule has 40 valence electrons. The molecule has 1 aliphatic carbocycles. The summed E-state index contributed by atoms with van der Waals surface area (Å²) < 4.78 is 0.338. The quantitative estimate of drug-likeness (QED) is 0.474. The van der Waals surface area contributed by atoms with Crippen molar-refractivity contribution < 1.29 is 4.79 Å². The average molecular weight is 210 g/mol. The van der Waals surface area contributed by atoms with Crippen LogP contribution in [0.1, 0.15) is 13.3 Å². The third kappa shape index (κ3) is 1.15. The van der Waals surface area contributed by atoms with Crippen LogP contribution in [0.25, 0.3) is 0 Å². The predicted octanol–water partition coefficient (Wildman–Crippen LogP) is 1.60. The minimum atomic E-state index is 0.338. The van der Waals surface area contributed by atoms with Crippen molar-refractivity contribution in [1.82, 2.24) is 0 Å². The Morgan fingerprint density at radius 3 is 2.29 bits per heavy atom. The molecule has 0 radical (unpaired) electrons. The molecule has 0 N–H and O–H groups in total. The van der Waals surface area contributed by atoms with Crippen molar-refractivity contribution in [3.8, 4) is 0 Å². The van der Waals surface area contributed by atoms with E-state index >= 15 is 0 Å². The summed E-state index contributed by atoms with van der Waals surface area (Å²) in [5.41, 5.74) is 0. The van der Waals surface area contributed by atoms with Crippen LogP contribution < -0.4 is 0 Å². The summed E-state index contributed by atoms with van der Waals surface area (Å²) >= 11 is 1.87. The molecule has 0 heterocycles. The van der Waals surface area contributed by atoms with E-state index < -0.39 is 0 Å². The van der Waals surface area contributed by atoms with Crippen LogP contribution in [0.4, 0.5) is 0 Å². The summed E-state index contributed by atoms with van der Waals surface area (Å²) in [5.74, 6) is 1.10. The van der Waals surface area contributed by atoms with Crippen molar-refractivity contribution in [2.24, 2.45) is 11.8 Å². The average Bonchev–Trinajstić information content (AvgIpc) is 2.17. The van der Waals surface area contributed by atoms with Gasteiger partial charge in [-0.1, -0.05) is 6.92 Å². The minimum Gasteiger partial charge on any atom is -0.287 e. The summed E-state index contributed by atoms with van der Waals surface area (Å²) in [6.45, 7) is 2.11. The molecule has 2 heteroatoms. The zero-order valence-electron chi connectivity index (χ0n) is 4.15. The van der Waals surface area contributed by atoms with Crippen LogP contribution in [-0.2, 0) is 4.79 Å². The van der Waals surface area contributed by atoms with E-state index in [-0.39, 0.29) is 0 Å². The molecule has 2 unspecified atom stereocenters. The van der Waals surface area contributed by atoms with Crippen molar-refractivity contribution in [3.63, 3.8) is 0 Å². The summed E-state index contributed by atoms with van der Waals surface area (Å²) in [6, 6.07) is 0. The Morgan fingerprint density at radius 1 is 1.86 bits per heavy atom. The molecule has 0 amide bonds. The van der Waals surface area contributed by atoms with Gasteiger partial charge in [0.1, 0.15) is 0 Å². The molecule has 0 aliphatic heterocycles. The fourth-order valence-corrected chi connectivity index (χ4v) is 1.51. The van der Waals surface area contributed by atoms with Crippen molar-refractivity contribution >= 4 is 26.4 Å². The van der Waals surface area contributed by atoms with Gasteiger partial charge in [-0.3, -0.25) is 4.79 Å². The molecule has 0 aromatic carbocycles. The van der Waals surface area contributed by atoms with Gasteiger partial charge in [0.2, 0.25) is 0 Å². The maximum atomic E-state index is 10.4. The molecule has 0 saturated heterocycles. The van der Waals surface area contributed by atoms with Crippen LogP contribution in [0.2, 0.25) is 0 Å². The van der Waals surface area contributed by atoms with E-state index in [0.29, 0.717) is 15.6 Å². The van der Waals surface area contributed by atoms with Gasteiger partial charge < -0.3 is 0 Å². The van der Waals surface area contributed by atoms with Gasteiger partial charge in [-0.15, -0.1) is 0 Å². The second-order valence-electron chi connectivity index (χ2n) is 2.12. The Labute approximate surface area is 56.6 Å². The second-order valence-corrected chi connectivity index (χ2v) is 3.19. The third-order valence-electron chi connectivity index (χ3n) is 1.40. The van der Waals surface area contributed by atoms with Gasteiger partial charge in [-0.2, -0.15) is 0 Å². The first-order chi connectivity index (χ1) is 3.22. The maximum Gasteiger partial charge on any atom is 0.195 e. The highest BCUT2D eigenvalue weighted by molar-refractivity contribution is 14.1. The van der Waals surface area contributed by atoms with Gasteiger partial charge in [0.05, 0.1) is 0 Å². The Hall–Kier alpha value is 0.400.